The zero-order valence-electron chi connectivity index (χ0n) is 25.7. The summed E-state index contributed by atoms with van der Waals surface area (Å²) in [5.41, 5.74) is 7.30. The number of fused-ring (bicyclic) bond motifs is 1. The molecule has 1 aromatic carbocycles. The Morgan fingerprint density at radius 2 is 2.02 bits per heavy atom. The number of aromatic carboxylic acids is 1. The predicted molar refractivity (Wildman–Crippen MR) is 162 cm³/mol. The number of carbonyl (C=O) groups excluding carboxylic acids is 3. The lowest BCUT2D eigenvalue weighted by Crippen LogP contribution is -2.63. The molecular weight excluding hydrogens is 602 g/mol. The number of urea groups is 1. The largest absolute Gasteiger partial charge is 0.549 e. The van der Waals surface area contributed by atoms with Crippen molar-refractivity contribution >= 4 is 30.9 Å². The number of nitrogens with two attached hydrogens (primary N) is 1. The van der Waals surface area contributed by atoms with Crippen LogP contribution in [0.25, 0.3) is 0 Å². The van der Waals surface area contributed by atoms with Crippen LogP contribution in [0.3, 0.4) is 0 Å². The van der Waals surface area contributed by atoms with Gasteiger partial charge < -0.3 is 40.8 Å². The third-order valence-electron chi connectivity index (χ3n) is 8.48. The van der Waals surface area contributed by atoms with Crippen LogP contribution in [-0.2, 0) is 20.7 Å². The lowest BCUT2D eigenvalue weighted by Gasteiger charge is -2.39. The first-order valence-corrected chi connectivity index (χ1v) is 15.0. The molecule has 14 nitrogen and oxygen atoms in total. The van der Waals surface area contributed by atoms with E-state index >= 15 is 4.39 Å². The Hall–Kier alpha value is -4.70. The van der Waals surface area contributed by atoms with E-state index in [1.807, 2.05) is 6.92 Å². The van der Waals surface area contributed by atoms with Gasteiger partial charge in [-0.25, -0.2) is 14.0 Å². The number of amides is 4. The number of piperazine rings is 1. The van der Waals surface area contributed by atoms with Gasteiger partial charge in [-0.15, -0.1) is 0 Å². The van der Waals surface area contributed by atoms with E-state index in [1.165, 1.54) is 18.1 Å². The van der Waals surface area contributed by atoms with Crippen molar-refractivity contribution in [2.24, 2.45) is 11.7 Å². The van der Waals surface area contributed by atoms with Gasteiger partial charge in [0.25, 0.3) is 0 Å². The van der Waals surface area contributed by atoms with Crippen LogP contribution in [0.2, 0.25) is 0 Å². The molecule has 0 spiro atoms. The van der Waals surface area contributed by atoms with Gasteiger partial charge in [0.2, 0.25) is 0 Å². The van der Waals surface area contributed by atoms with Crippen LogP contribution in [0.15, 0.2) is 41.7 Å². The number of hydrogen-bond donors (Lipinski definition) is 5. The van der Waals surface area contributed by atoms with Gasteiger partial charge in [-0.3, -0.25) is 19.5 Å². The average molecular weight is 638 g/mol. The zero-order chi connectivity index (χ0) is 33.3. The number of rotatable bonds is 10. The molecule has 3 aliphatic rings. The zero-order valence-corrected chi connectivity index (χ0v) is 25.7. The predicted octanol–water partition coefficient (Wildman–Crippen LogP) is 1.34. The van der Waals surface area contributed by atoms with Gasteiger partial charge in [0.15, 0.2) is 5.82 Å². The molecule has 3 heterocycles. The van der Waals surface area contributed by atoms with Crippen LogP contribution < -0.4 is 21.0 Å². The Labute approximate surface area is 264 Å². The molecule has 4 amide bonds. The van der Waals surface area contributed by atoms with Crippen molar-refractivity contribution in [2.75, 3.05) is 26.7 Å². The first-order chi connectivity index (χ1) is 22.0. The number of allylic oxidation sites excluding steroid dienone is 1. The monoisotopic (exact) mass is 638 g/mol. The number of carbonyl (C=O) groups is 4. The third kappa shape index (κ3) is 6.35. The number of imide groups is 1. The molecule has 4 atom stereocenters. The third-order valence-corrected chi connectivity index (χ3v) is 8.48. The Balaban J connectivity index is 1.53. The Morgan fingerprint density at radius 1 is 1.28 bits per heavy atom. The number of pyridine rings is 1. The summed E-state index contributed by atoms with van der Waals surface area (Å²) in [7, 11) is 0.415. The second-order valence-electron chi connectivity index (χ2n) is 11.5. The van der Waals surface area contributed by atoms with E-state index in [9.17, 15) is 29.4 Å². The van der Waals surface area contributed by atoms with Crippen LogP contribution in [0.4, 0.5) is 9.18 Å². The molecule has 1 saturated carbocycles. The van der Waals surface area contributed by atoms with Gasteiger partial charge in [-0.1, -0.05) is 19.1 Å². The number of aromatic nitrogens is 1. The van der Waals surface area contributed by atoms with Crippen molar-refractivity contribution in [1.29, 1.82) is 0 Å². The minimum Gasteiger partial charge on any atom is -0.534 e. The molecule has 2 aromatic rings. The normalized spacial score (nSPS) is 22.5. The summed E-state index contributed by atoms with van der Waals surface area (Å²) < 4.78 is 27.1. The molecule has 16 heteroatoms. The molecular formula is C30H36BFN6O8. The molecule has 2 aliphatic heterocycles. The van der Waals surface area contributed by atoms with E-state index in [0.717, 1.165) is 22.7 Å². The average Bonchev–Trinajstić information content (AvgIpc) is 3.75. The van der Waals surface area contributed by atoms with Crippen LogP contribution >= 0.6 is 0 Å². The van der Waals surface area contributed by atoms with Crippen molar-refractivity contribution in [1.82, 2.24) is 25.4 Å². The van der Waals surface area contributed by atoms with Crippen molar-refractivity contribution < 1.29 is 43.1 Å². The molecule has 0 bridgehead atoms. The first kappa shape index (κ1) is 32.7. The second-order valence-corrected chi connectivity index (χ2v) is 11.5. The summed E-state index contributed by atoms with van der Waals surface area (Å²) in [5.74, 6) is -4.82. The van der Waals surface area contributed by atoms with Crippen molar-refractivity contribution in [3.8, 4) is 11.5 Å². The number of halogens is 1. The maximum atomic E-state index is 15.5. The summed E-state index contributed by atoms with van der Waals surface area (Å²) in [6, 6.07) is 2.65. The van der Waals surface area contributed by atoms with E-state index in [2.05, 4.69) is 15.6 Å². The second kappa shape index (κ2) is 13.3. The quantitative estimate of drug-likeness (QED) is 0.186. The van der Waals surface area contributed by atoms with E-state index in [1.54, 1.807) is 19.1 Å². The number of para-hydroxylation sites is 1. The summed E-state index contributed by atoms with van der Waals surface area (Å²) >= 11 is 0. The summed E-state index contributed by atoms with van der Waals surface area (Å²) in [4.78, 5) is 58.1. The Morgan fingerprint density at radius 3 is 2.63 bits per heavy atom. The minimum atomic E-state index is -1.30. The maximum absolute atomic E-state index is 15.5. The number of carboxylic acid groups (broad SMARTS) is 1. The molecule has 5 rings (SSSR count). The number of hydrogen-bond acceptors (Lipinski definition) is 10. The van der Waals surface area contributed by atoms with E-state index in [0.29, 0.717) is 17.7 Å². The molecule has 2 unspecified atom stereocenters. The molecule has 1 aromatic heterocycles. The summed E-state index contributed by atoms with van der Waals surface area (Å²) in [6.07, 6.45) is 2.11. The Kier molecular flexibility index (Phi) is 9.48. The smallest absolute Gasteiger partial charge is 0.534 e. The maximum Gasteiger partial charge on any atom is 0.549 e. The summed E-state index contributed by atoms with van der Waals surface area (Å²) in [6.45, 7) is 4.17. The molecule has 1 saturated heterocycles. The topological polar surface area (TPSA) is 197 Å². The fourth-order valence-electron chi connectivity index (χ4n) is 6.01. The Bertz CT molecular complexity index is 1590. The van der Waals surface area contributed by atoms with Gasteiger partial charge in [0, 0.05) is 32.0 Å². The number of benzene rings is 1. The van der Waals surface area contributed by atoms with Crippen molar-refractivity contribution in [2.45, 2.75) is 51.1 Å². The summed E-state index contributed by atoms with van der Waals surface area (Å²) in [5, 5.41) is 25.7. The van der Waals surface area contributed by atoms with Crippen LogP contribution in [0.5, 0.6) is 11.5 Å². The number of carboxylic acids is 1. The highest BCUT2D eigenvalue weighted by atomic mass is 19.1. The van der Waals surface area contributed by atoms with E-state index in [-0.39, 0.29) is 55.4 Å². The van der Waals surface area contributed by atoms with Crippen LogP contribution in [-0.4, -0.2) is 94.7 Å². The van der Waals surface area contributed by atoms with Gasteiger partial charge in [-0.2, -0.15) is 0 Å². The standard InChI is InChI=1S/C30H36BFN6O8/c1-4-37-14-17(8-9-33)38(28(41)27(37)40)30(44)36-25(24-21(32)12-18(39)13-34-24)23(20-10-15(20)2)35-22-11-16-6-5-7-19(29(42)43)26(16)46-31(22)45-3/h5-7,12-13,15,17,22,25,35,39H,4,8-11,14,33H2,1-3H3,(H,36,44)(H,42,43)/t15?,17-,22-,25?/m0/s1. The fraction of sp³-hybridized carbons (Fsp3) is 0.433. The van der Waals surface area contributed by atoms with Gasteiger partial charge in [-0.05, 0) is 55.9 Å². The van der Waals surface area contributed by atoms with Crippen LogP contribution in [0, 0.1) is 11.7 Å². The molecule has 0 radical (unpaired) electrons. The molecule has 6 N–H and O–H groups in total. The van der Waals surface area contributed by atoms with Crippen molar-refractivity contribution in [3.05, 3.63) is 64.4 Å². The number of likely N-dealkylation sites (N-methyl/N-ethyl adjacent to an activating group) is 1. The van der Waals surface area contributed by atoms with Crippen molar-refractivity contribution in [3.63, 3.8) is 0 Å². The number of nitrogens with one attached hydrogen (secondary N) is 2. The highest BCUT2D eigenvalue weighted by Gasteiger charge is 2.45. The fourth-order valence-corrected chi connectivity index (χ4v) is 6.01. The van der Waals surface area contributed by atoms with E-state index in [4.69, 9.17) is 15.0 Å². The molecule has 1 aliphatic carbocycles. The van der Waals surface area contributed by atoms with Crippen LogP contribution in [0.1, 0.15) is 54.3 Å². The molecule has 46 heavy (non-hydrogen) atoms. The van der Waals surface area contributed by atoms with Gasteiger partial charge in [0.05, 0.1) is 23.7 Å². The molecule has 244 valence electrons. The minimum absolute atomic E-state index is 0.0256. The lowest BCUT2D eigenvalue weighted by atomic mass is 9.71. The molecule has 2 fully saturated rings. The van der Waals surface area contributed by atoms with Gasteiger partial charge in [0.1, 0.15) is 23.2 Å². The SMILES string of the molecule is CCN1C[C@H](CCN)N(C(=O)NC(C(N[C@H]2Cc3cccc(C(=O)O)c3OB2OC)=C2CC2C)c2ncc(O)cc2F)C(=O)C1=O. The van der Waals surface area contributed by atoms with Gasteiger partial charge >= 0.3 is 30.9 Å². The first-order valence-electron chi connectivity index (χ1n) is 15.0. The number of aromatic hydroxyl groups is 1. The van der Waals surface area contributed by atoms with E-state index < -0.39 is 60.5 Å². The number of nitrogens with zero attached hydrogens (tertiary/aromatic N) is 3. The highest BCUT2D eigenvalue weighted by Crippen LogP contribution is 2.43. The highest BCUT2D eigenvalue weighted by molar-refractivity contribution is 6.48. The lowest BCUT2D eigenvalue weighted by molar-refractivity contribution is -0.156.